The van der Waals surface area contributed by atoms with Gasteiger partial charge >= 0.3 is 0 Å². The normalized spacial score (nSPS) is 13.1. The van der Waals surface area contributed by atoms with E-state index in [9.17, 15) is 0 Å². The zero-order chi connectivity index (χ0) is 41.9. The van der Waals surface area contributed by atoms with Gasteiger partial charge in [-0.05, 0) is 121 Å². The van der Waals surface area contributed by atoms with Crippen molar-refractivity contribution in [2.45, 2.75) is 5.41 Å². The summed E-state index contributed by atoms with van der Waals surface area (Å²) >= 11 is 0. The molecular formula is C61H37NO2. The standard InChI is InChI=1S/C61H37NO2/c1-3-15-38(16-4-1)39-29-31-41(32-30-39)62(42-33-34-47-46-21-9-12-25-52(46)61(53(47)35-42)50-23-10-7-19-44(50)45-20-8-11-24-51(45)61)54-26-14-28-56-60(54)49-37-57-48(36-58(49)64-56)59-43(22-13-27-55(59)63-57)40-17-5-2-6-18-40/h1-37H. The van der Waals surface area contributed by atoms with Crippen LogP contribution < -0.4 is 4.90 Å². The van der Waals surface area contributed by atoms with E-state index in [1.165, 1.54) is 55.6 Å². The first-order chi connectivity index (χ1) is 31.7. The molecule has 1 spiro atoms. The van der Waals surface area contributed by atoms with E-state index in [2.05, 4.69) is 229 Å². The maximum Gasteiger partial charge on any atom is 0.137 e. The maximum absolute atomic E-state index is 6.87. The minimum atomic E-state index is -0.474. The monoisotopic (exact) mass is 815 g/mol. The Morgan fingerprint density at radius 1 is 0.297 bits per heavy atom. The van der Waals surface area contributed by atoms with Gasteiger partial charge in [0.05, 0.1) is 16.5 Å². The molecule has 3 nitrogen and oxygen atoms in total. The van der Waals surface area contributed by atoms with Gasteiger partial charge in [0.15, 0.2) is 0 Å². The molecule has 298 valence electrons. The highest BCUT2D eigenvalue weighted by Gasteiger charge is 2.51. The van der Waals surface area contributed by atoms with E-state index in [1.54, 1.807) is 0 Å². The van der Waals surface area contributed by atoms with Crippen LogP contribution in [0.4, 0.5) is 17.1 Å². The van der Waals surface area contributed by atoms with Crippen molar-refractivity contribution in [3.05, 3.63) is 247 Å². The van der Waals surface area contributed by atoms with Crippen molar-refractivity contribution in [2.75, 3.05) is 4.90 Å². The lowest BCUT2D eigenvalue weighted by Gasteiger charge is -2.32. The number of furan rings is 2. The first-order valence-electron chi connectivity index (χ1n) is 22.0. The average Bonchev–Trinajstić information content (AvgIpc) is 4.09. The van der Waals surface area contributed by atoms with Crippen LogP contribution in [0.15, 0.2) is 233 Å². The van der Waals surface area contributed by atoms with Crippen molar-refractivity contribution >= 4 is 60.9 Å². The molecular weight excluding hydrogens is 779 g/mol. The van der Waals surface area contributed by atoms with Crippen molar-refractivity contribution in [1.82, 2.24) is 0 Å². The van der Waals surface area contributed by atoms with Crippen LogP contribution in [-0.2, 0) is 5.41 Å². The molecule has 0 N–H and O–H groups in total. The third-order valence-corrected chi connectivity index (χ3v) is 13.9. The Kier molecular flexibility index (Phi) is 7.32. The Morgan fingerprint density at radius 3 is 1.39 bits per heavy atom. The van der Waals surface area contributed by atoms with E-state index in [0.29, 0.717) is 0 Å². The van der Waals surface area contributed by atoms with E-state index in [0.717, 1.165) is 72.1 Å². The molecule has 2 heterocycles. The lowest BCUT2D eigenvalue weighted by molar-refractivity contribution is 0.664. The number of nitrogens with zero attached hydrogens (tertiary/aromatic N) is 1. The van der Waals surface area contributed by atoms with Gasteiger partial charge in [0.25, 0.3) is 0 Å². The molecule has 64 heavy (non-hydrogen) atoms. The average molecular weight is 816 g/mol. The molecule has 2 aliphatic rings. The van der Waals surface area contributed by atoms with E-state index in [1.807, 2.05) is 0 Å². The summed E-state index contributed by atoms with van der Waals surface area (Å²) in [6.07, 6.45) is 0. The Hall–Kier alpha value is -8.40. The van der Waals surface area contributed by atoms with Gasteiger partial charge in [0.1, 0.15) is 22.3 Å². The molecule has 14 rings (SSSR count). The molecule has 0 radical (unpaired) electrons. The topological polar surface area (TPSA) is 29.5 Å². The second-order valence-electron chi connectivity index (χ2n) is 17.1. The van der Waals surface area contributed by atoms with Crippen LogP contribution in [0, 0.1) is 0 Å². The Bertz CT molecular complexity index is 3780. The largest absolute Gasteiger partial charge is 0.456 e. The van der Waals surface area contributed by atoms with Gasteiger partial charge in [0, 0.05) is 27.5 Å². The predicted molar refractivity (Wildman–Crippen MR) is 263 cm³/mol. The molecule has 10 aromatic carbocycles. The van der Waals surface area contributed by atoms with Crippen molar-refractivity contribution in [3.8, 4) is 44.5 Å². The highest BCUT2D eigenvalue weighted by molar-refractivity contribution is 6.20. The van der Waals surface area contributed by atoms with Gasteiger partial charge < -0.3 is 13.7 Å². The summed E-state index contributed by atoms with van der Waals surface area (Å²) in [5.41, 5.74) is 21.0. The van der Waals surface area contributed by atoms with Gasteiger partial charge in [-0.25, -0.2) is 0 Å². The summed E-state index contributed by atoms with van der Waals surface area (Å²) in [7, 11) is 0. The lowest BCUT2D eigenvalue weighted by atomic mass is 9.70. The summed E-state index contributed by atoms with van der Waals surface area (Å²) in [6.45, 7) is 0. The molecule has 0 saturated carbocycles. The molecule has 0 amide bonds. The zero-order valence-electron chi connectivity index (χ0n) is 34.6. The summed E-state index contributed by atoms with van der Waals surface area (Å²) < 4.78 is 13.6. The number of anilines is 3. The summed E-state index contributed by atoms with van der Waals surface area (Å²) in [5.74, 6) is 0. The number of rotatable bonds is 5. The first-order valence-corrected chi connectivity index (χ1v) is 22.0. The summed E-state index contributed by atoms with van der Waals surface area (Å²) in [5, 5.41) is 4.17. The smallest absolute Gasteiger partial charge is 0.137 e. The van der Waals surface area contributed by atoms with E-state index in [-0.39, 0.29) is 0 Å². The van der Waals surface area contributed by atoms with Crippen molar-refractivity contribution in [2.24, 2.45) is 0 Å². The van der Waals surface area contributed by atoms with Crippen LogP contribution >= 0.6 is 0 Å². The van der Waals surface area contributed by atoms with Crippen molar-refractivity contribution < 1.29 is 8.83 Å². The van der Waals surface area contributed by atoms with Gasteiger partial charge in [-0.3, -0.25) is 0 Å². The Morgan fingerprint density at radius 2 is 0.766 bits per heavy atom. The lowest BCUT2D eigenvalue weighted by Crippen LogP contribution is -2.26. The Balaban J connectivity index is 1.02. The number of hydrogen-bond acceptors (Lipinski definition) is 3. The van der Waals surface area contributed by atoms with Crippen LogP contribution in [0.5, 0.6) is 0 Å². The SMILES string of the molecule is c1ccc(-c2ccc(N(c3ccc4c(c3)C3(c5ccccc5-c5ccccc53)c3ccccc3-4)c3cccc4oc5cc6c(cc5c34)oc3cccc(-c4ccccc4)c36)cc2)cc1. The van der Waals surface area contributed by atoms with Crippen LogP contribution in [0.2, 0.25) is 0 Å². The minimum Gasteiger partial charge on any atom is -0.456 e. The van der Waals surface area contributed by atoms with Gasteiger partial charge in [-0.15, -0.1) is 0 Å². The zero-order valence-corrected chi connectivity index (χ0v) is 34.6. The summed E-state index contributed by atoms with van der Waals surface area (Å²) in [6, 6.07) is 81.4. The predicted octanol–water partition coefficient (Wildman–Crippen LogP) is 16.6. The second kappa shape index (κ2) is 13.3. The van der Waals surface area contributed by atoms with Crippen molar-refractivity contribution in [1.29, 1.82) is 0 Å². The number of benzene rings is 10. The number of fused-ring (bicyclic) bond motifs is 16. The van der Waals surface area contributed by atoms with Gasteiger partial charge in [0.2, 0.25) is 0 Å². The molecule has 0 bridgehead atoms. The maximum atomic E-state index is 6.87. The fraction of sp³-hybridized carbons (Fsp3) is 0.0164. The molecule has 0 fully saturated rings. The van der Waals surface area contributed by atoms with E-state index < -0.39 is 5.41 Å². The van der Waals surface area contributed by atoms with E-state index >= 15 is 0 Å². The molecule has 3 heteroatoms. The first kappa shape index (κ1) is 35.2. The van der Waals surface area contributed by atoms with Crippen LogP contribution in [-0.4, -0.2) is 0 Å². The quantitative estimate of drug-likeness (QED) is 0.173. The third-order valence-electron chi connectivity index (χ3n) is 13.9. The highest BCUT2D eigenvalue weighted by Crippen LogP contribution is 2.63. The van der Waals surface area contributed by atoms with Crippen LogP contribution in [0.1, 0.15) is 22.3 Å². The molecule has 0 atom stereocenters. The van der Waals surface area contributed by atoms with Gasteiger partial charge in [-0.2, -0.15) is 0 Å². The second-order valence-corrected chi connectivity index (χ2v) is 17.1. The van der Waals surface area contributed by atoms with Gasteiger partial charge in [-0.1, -0.05) is 170 Å². The Labute approximate surface area is 369 Å². The summed E-state index contributed by atoms with van der Waals surface area (Å²) in [4.78, 5) is 2.42. The fourth-order valence-corrected chi connectivity index (χ4v) is 11.3. The molecule has 2 aliphatic carbocycles. The van der Waals surface area contributed by atoms with Crippen LogP contribution in [0.3, 0.4) is 0 Å². The molecule has 12 aromatic rings. The molecule has 0 saturated heterocycles. The minimum absolute atomic E-state index is 0.474. The molecule has 0 aliphatic heterocycles. The number of hydrogen-bond donors (Lipinski definition) is 0. The van der Waals surface area contributed by atoms with Crippen LogP contribution in [0.25, 0.3) is 88.4 Å². The van der Waals surface area contributed by atoms with Crippen molar-refractivity contribution in [3.63, 3.8) is 0 Å². The van der Waals surface area contributed by atoms with E-state index in [4.69, 9.17) is 8.83 Å². The third kappa shape index (κ3) is 4.81. The molecule has 2 aromatic heterocycles. The molecule has 0 unspecified atom stereocenters. The highest BCUT2D eigenvalue weighted by atomic mass is 16.3. The fourth-order valence-electron chi connectivity index (χ4n) is 11.3.